The van der Waals surface area contributed by atoms with Crippen LogP contribution in [0.5, 0.6) is 0 Å². The molecule has 0 atom stereocenters. The molecule has 0 bridgehead atoms. The highest BCUT2D eigenvalue weighted by Crippen LogP contribution is 2.33. The van der Waals surface area contributed by atoms with Crippen molar-refractivity contribution in [2.45, 2.75) is 19.8 Å². The number of hydrogen-bond acceptors (Lipinski definition) is 4. The summed E-state index contributed by atoms with van der Waals surface area (Å²) in [5.74, 6) is 0.190. The van der Waals surface area contributed by atoms with Gasteiger partial charge in [-0.05, 0) is 24.3 Å². The second-order valence-corrected chi connectivity index (χ2v) is 6.26. The summed E-state index contributed by atoms with van der Waals surface area (Å²) in [6, 6.07) is 1.73. The van der Waals surface area contributed by atoms with Gasteiger partial charge < -0.3 is 15.8 Å². The van der Waals surface area contributed by atoms with Gasteiger partial charge in [-0.25, -0.2) is 0 Å². The van der Waals surface area contributed by atoms with Crippen molar-refractivity contribution in [1.29, 1.82) is 0 Å². The van der Waals surface area contributed by atoms with E-state index in [1.165, 1.54) is 11.3 Å². The lowest BCUT2D eigenvalue weighted by Crippen LogP contribution is -2.47. The number of nitrogens with zero attached hydrogens (tertiary/aromatic N) is 2. The van der Waals surface area contributed by atoms with E-state index in [4.69, 9.17) is 22.5 Å². The molecule has 0 spiro atoms. The van der Waals surface area contributed by atoms with Gasteiger partial charge in [-0.1, -0.05) is 23.7 Å². The average molecular weight is 302 g/mol. The summed E-state index contributed by atoms with van der Waals surface area (Å²) in [5, 5.41) is 14.2. The molecular weight excluding hydrogens is 286 g/mol. The van der Waals surface area contributed by atoms with Crippen LogP contribution in [0.1, 0.15) is 29.4 Å². The predicted octanol–water partition coefficient (Wildman–Crippen LogP) is 2.39. The third kappa shape index (κ3) is 2.69. The Kier molecular flexibility index (Phi) is 4.01. The summed E-state index contributed by atoms with van der Waals surface area (Å²) in [6.07, 6.45) is 1.36. The third-order valence-electron chi connectivity index (χ3n) is 3.69. The molecule has 1 fully saturated rings. The molecule has 0 radical (unpaired) electrons. The standard InChI is InChI=1S/C12H16ClN3O2S/c1-12(11(14)15-18)3-5-16(6-4-12)10(17)9-8(13)2-7-19-9/h2,7,18H,3-6H2,1H3,(H2,14,15). The number of likely N-dealkylation sites (tertiary alicyclic amines) is 1. The van der Waals surface area contributed by atoms with Crippen LogP contribution in [0.2, 0.25) is 5.02 Å². The summed E-state index contributed by atoms with van der Waals surface area (Å²) in [4.78, 5) is 14.6. The predicted molar refractivity (Wildman–Crippen MR) is 76.0 cm³/mol. The minimum absolute atomic E-state index is 0.0402. The Hall–Kier alpha value is -1.27. The molecular formula is C12H16ClN3O2S. The normalized spacial score (nSPS) is 19.5. The smallest absolute Gasteiger partial charge is 0.265 e. The molecule has 104 valence electrons. The zero-order valence-corrected chi connectivity index (χ0v) is 12.2. The first kappa shape index (κ1) is 14.1. The zero-order valence-electron chi connectivity index (χ0n) is 10.6. The molecule has 0 aromatic carbocycles. The molecule has 3 N–H and O–H groups in total. The van der Waals surface area contributed by atoms with Gasteiger partial charge in [0.2, 0.25) is 0 Å². The van der Waals surface area contributed by atoms with E-state index in [0.29, 0.717) is 35.8 Å². The molecule has 5 nitrogen and oxygen atoms in total. The van der Waals surface area contributed by atoms with Crippen molar-refractivity contribution in [3.63, 3.8) is 0 Å². The maximum Gasteiger partial charge on any atom is 0.265 e. The first-order valence-corrected chi connectivity index (χ1v) is 7.24. The van der Waals surface area contributed by atoms with E-state index in [1.54, 1.807) is 16.3 Å². The van der Waals surface area contributed by atoms with E-state index in [-0.39, 0.29) is 17.2 Å². The quantitative estimate of drug-likeness (QED) is 0.381. The molecule has 1 amide bonds. The highest BCUT2D eigenvalue weighted by atomic mass is 35.5. The van der Waals surface area contributed by atoms with Crippen LogP contribution in [-0.4, -0.2) is 34.9 Å². The maximum atomic E-state index is 12.3. The zero-order chi connectivity index (χ0) is 14.0. The van der Waals surface area contributed by atoms with Crippen molar-refractivity contribution in [1.82, 2.24) is 4.90 Å². The molecule has 0 aliphatic carbocycles. The summed E-state index contributed by atoms with van der Waals surface area (Å²) in [5.41, 5.74) is 5.36. The fourth-order valence-electron chi connectivity index (χ4n) is 2.17. The number of carbonyl (C=O) groups is 1. The second-order valence-electron chi connectivity index (χ2n) is 4.94. The summed E-state index contributed by atoms with van der Waals surface area (Å²) >= 11 is 7.32. The van der Waals surface area contributed by atoms with Gasteiger partial charge in [0.25, 0.3) is 5.91 Å². The first-order valence-electron chi connectivity index (χ1n) is 5.98. The number of thiophene rings is 1. The number of hydrogen-bond donors (Lipinski definition) is 2. The summed E-state index contributed by atoms with van der Waals surface area (Å²) in [6.45, 7) is 3.11. The fourth-order valence-corrected chi connectivity index (χ4v) is 3.27. The van der Waals surface area contributed by atoms with Gasteiger partial charge >= 0.3 is 0 Å². The van der Waals surface area contributed by atoms with Crippen molar-refractivity contribution in [2.75, 3.05) is 13.1 Å². The Morgan fingerprint density at radius 3 is 2.68 bits per heavy atom. The number of amides is 1. The largest absolute Gasteiger partial charge is 0.409 e. The SMILES string of the molecule is CC1(/C(N)=N/O)CCN(C(=O)c2sccc2Cl)CC1. The molecule has 0 saturated carbocycles. The Morgan fingerprint density at radius 1 is 1.58 bits per heavy atom. The van der Waals surface area contributed by atoms with E-state index >= 15 is 0 Å². The van der Waals surface area contributed by atoms with Gasteiger partial charge in [-0.2, -0.15) is 0 Å². The lowest BCUT2D eigenvalue weighted by molar-refractivity contribution is 0.0671. The van der Waals surface area contributed by atoms with E-state index in [2.05, 4.69) is 5.16 Å². The Bertz CT molecular complexity index is 507. The number of piperidine rings is 1. The van der Waals surface area contributed by atoms with Gasteiger partial charge in [-0.3, -0.25) is 4.79 Å². The van der Waals surface area contributed by atoms with Crippen LogP contribution in [-0.2, 0) is 0 Å². The summed E-state index contributed by atoms with van der Waals surface area (Å²) < 4.78 is 0. The molecule has 1 aliphatic rings. The lowest BCUT2D eigenvalue weighted by Gasteiger charge is -2.38. The van der Waals surface area contributed by atoms with Gasteiger partial charge in [0.1, 0.15) is 10.7 Å². The molecule has 1 saturated heterocycles. The van der Waals surface area contributed by atoms with Crippen molar-refractivity contribution < 1.29 is 10.0 Å². The Labute approximate surface area is 120 Å². The molecule has 0 unspecified atom stereocenters. The molecule has 2 rings (SSSR count). The monoisotopic (exact) mass is 301 g/mol. The van der Waals surface area contributed by atoms with E-state index in [9.17, 15) is 4.79 Å². The fraction of sp³-hybridized carbons (Fsp3) is 0.500. The average Bonchev–Trinajstić information content (AvgIpc) is 2.84. The lowest BCUT2D eigenvalue weighted by atomic mass is 9.79. The van der Waals surface area contributed by atoms with Gasteiger partial charge in [0.05, 0.1) is 5.02 Å². The second kappa shape index (κ2) is 5.38. The van der Waals surface area contributed by atoms with Crippen LogP contribution < -0.4 is 5.73 Å². The van der Waals surface area contributed by atoms with Gasteiger partial charge in [0, 0.05) is 18.5 Å². The van der Waals surface area contributed by atoms with Gasteiger partial charge in [-0.15, -0.1) is 11.3 Å². The van der Waals surface area contributed by atoms with Crippen LogP contribution in [0.3, 0.4) is 0 Å². The topological polar surface area (TPSA) is 78.9 Å². The number of carbonyl (C=O) groups excluding carboxylic acids is 1. The minimum atomic E-state index is -0.342. The Morgan fingerprint density at radius 2 is 2.21 bits per heavy atom. The highest BCUT2D eigenvalue weighted by Gasteiger charge is 2.36. The molecule has 1 aromatic rings. The van der Waals surface area contributed by atoms with Crippen molar-refractivity contribution in [2.24, 2.45) is 16.3 Å². The maximum absolute atomic E-state index is 12.3. The van der Waals surface area contributed by atoms with E-state index in [0.717, 1.165) is 0 Å². The van der Waals surface area contributed by atoms with Crippen molar-refractivity contribution >= 4 is 34.7 Å². The molecule has 1 aliphatic heterocycles. The summed E-state index contributed by atoms with van der Waals surface area (Å²) in [7, 11) is 0. The number of oxime groups is 1. The highest BCUT2D eigenvalue weighted by molar-refractivity contribution is 7.12. The molecule has 19 heavy (non-hydrogen) atoms. The Balaban J connectivity index is 2.05. The number of nitrogens with two attached hydrogens (primary N) is 1. The molecule has 7 heteroatoms. The van der Waals surface area contributed by atoms with Gasteiger partial charge in [0.15, 0.2) is 0 Å². The number of rotatable bonds is 2. The van der Waals surface area contributed by atoms with Crippen LogP contribution in [0.4, 0.5) is 0 Å². The third-order valence-corrected chi connectivity index (χ3v) is 5.02. The number of amidine groups is 1. The van der Waals surface area contributed by atoms with E-state index in [1.807, 2.05) is 6.92 Å². The van der Waals surface area contributed by atoms with Crippen molar-refractivity contribution in [3.8, 4) is 0 Å². The van der Waals surface area contributed by atoms with Crippen LogP contribution >= 0.6 is 22.9 Å². The first-order chi connectivity index (χ1) is 8.98. The van der Waals surface area contributed by atoms with Crippen LogP contribution in [0.15, 0.2) is 16.6 Å². The van der Waals surface area contributed by atoms with Crippen LogP contribution in [0, 0.1) is 5.41 Å². The molecule has 1 aromatic heterocycles. The minimum Gasteiger partial charge on any atom is -0.409 e. The molecule has 2 heterocycles. The number of halogens is 1. The van der Waals surface area contributed by atoms with Crippen molar-refractivity contribution in [3.05, 3.63) is 21.3 Å². The van der Waals surface area contributed by atoms with Crippen LogP contribution in [0.25, 0.3) is 0 Å². The van der Waals surface area contributed by atoms with E-state index < -0.39 is 0 Å².